The van der Waals surface area contributed by atoms with Crippen molar-refractivity contribution < 1.29 is 4.74 Å². The lowest BCUT2D eigenvalue weighted by molar-refractivity contribution is 0.0363. The maximum atomic E-state index is 12.7. The average Bonchev–Trinajstić information content (AvgIpc) is 3.22. The molecule has 0 spiro atoms. The van der Waals surface area contributed by atoms with E-state index < -0.39 is 0 Å². The molecule has 1 fully saturated rings. The SMILES string of the molecule is Cc1cc(-c2n[nH]c3ccc(-c4ccn(CCN5CCOCC5)c(=O)c4)cc23)ccn1. The third-order valence-electron chi connectivity index (χ3n) is 5.82. The average molecular weight is 415 g/mol. The van der Waals surface area contributed by atoms with E-state index in [-0.39, 0.29) is 5.56 Å². The highest BCUT2D eigenvalue weighted by atomic mass is 16.5. The third kappa shape index (κ3) is 4.15. The van der Waals surface area contributed by atoms with Gasteiger partial charge < -0.3 is 9.30 Å². The molecule has 0 saturated carbocycles. The van der Waals surface area contributed by atoms with Gasteiger partial charge in [0.1, 0.15) is 5.69 Å². The predicted octanol–water partition coefficient (Wildman–Crippen LogP) is 3.09. The summed E-state index contributed by atoms with van der Waals surface area (Å²) in [4.78, 5) is 19.3. The van der Waals surface area contributed by atoms with Gasteiger partial charge in [0.25, 0.3) is 5.56 Å². The number of nitrogens with zero attached hydrogens (tertiary/aromatic N) is 4. The fourth-order valence-electron chi connectivity index (χ4n) is 4.05. The van der Waals surface area contributed by atoms with Gasteiger partial charge in [0, 0.05) is 61.3 Å². The Morgan fingerprint density at radius 1 is 1.00 bits per heavy atom. The Morgan fingerprint density at radius 3 is 2.65 bits per heavy atom. The van der Waals surface area contributed by atoms with Crippen molar-refractivity contribution in [1.29, 1.82) is 0 Å². The minimum absolute atomic E-state index is 0.0167. The van der Waals surface area contributed by atoms with Gasteiger partial charge in [-0.05, 0) is 48.4 Å². The van der Waals surface area contributed by atoms with Crippen molar-refractivity contribution in [2.24, 2.45) is 0 Å². The van der Waals surface area contributed by atoms with E-state index in [1.54, 1.807) is 16.8 Å². The summed E-state index contributed by atoms with van der Waals surface area (Å²) in [5.74, 6) is 0. The lowest BCUT2D eigenvalue weighted by Crippen LogP contribution is -2.39. The van der Waals surface area contributed by atoms with E-state index >= 15 is 0 Å². The molecule has 4 aromatic rings. The lowest BCUT2D eigenvalue weighted by atomic mass is 10.0. The normalized spacial score (nSPS) is 14.9. The molecule has 1 aliphatic rings. The molecule has 1 N–H and O–H groups in total. The van der Waals surface area contributed by atoms with Gasteiger partial charge in [-0.3, -0.25) is 19.8 Å². The van der Waals surface area contributed by atoms with Crippen molar-refractivity contribution in [2.75, 3.05) is 32.8 Å². The number of hydrogen-bond donors (Lipinski definition) is 1. The van der Waals surface area contributed by atoms with Crippen molar-refractivity contribution in [3.63, 3.8) is 0 Å². The number of morpholine rings is 1. The first kappa shape index (κ1) is 19.7. The maximum Gasteiger partial charge on any atom is 0.251 e. The van der Waals surface area contributed by atoms with Crippen LogP contribution in [0.4, 0.5) is 0 Å². The molecule has 0 radical (unpaired) electrons. The number of H-pyrrole nitrogens is 1. The van der Waals surface area contributed by atoms with Crippen LogP contribution in [0, 0.1) is 6.92 Å². The topological polar surface area (TPSA) is 76.0 Å². The predicted molar refractivity (Wildman–Crippen MR) is 121 cm³/mol. The molecular weight excluding hydrogens is 390 g/mol. The summed E-state index contributed by atoms with van der Waals surface area (Å²) >= 11 is 0. The van der Waals surface area contributed by atoms with E-state index in [1.807, 2.05) is 43.5 Å². The summed E-state index contributed by atoms with van der Waals surface area (Å²) in [5.41, 5.74) is 5.75. The minimum Gasteiger partial charge on any atom is -0.379 e. The molecule has 3 aromatic heterocycles. The molecule has 7 nitrogen and oxygen atoms in total. The van der Waals surface area contributed by atoms with Crippen molar-refractivity contribution in [2.45, 2.75) is 13.5 Å². The zero-order valence-corrected chi connectivity index (χ0v) is 17.5. The molecule has 158 valence electrons. The molecule has 0 atom stereocenters. The number of rotatable bonds is 5. The fourth-order valence-corrected chi connectivity index (χ4v) is 4.05. The summed E-state index contributed by atoms with van der Waals surface area (Å²) in [7, 11) is 0. The van der Waals surface area contributed by atoms with Crippen molar-refractivity contribution in [3.8, 4) is 22.4 Å². The van der Waals surface area contributed by atoms with Gasteiger partial charge in [-0.15, -0.1) is 0 Å². The highest BCUT2D eigenvalue weighted by molar-refractivity contribution is 5.95. The second-order valence-corrected chi connectivity index (χ2v) is 7.92. The first-order valence-electron chi connectivity index (χ1n) is 10.6. The standard InChI is InChI=1S/C24H25N5O2/c1-17-14-20(4-6-25-17)24-21-15-18(2-3-22(21)26-27-24)19-5-7-29(23(30)16-19)9-8-28-10-12-31-13-11-28/h2-7,14-16H,8-13H2,1H3,(H,26,27). The van der Waals surface area contributed by atoms with Crippen LogP contribution in [0.5, 0.6) is 0 Å². The number of hydrogen-bond acceptors (Lipinski definition) is 5. The first-order valence-corrected chi connectivity index (χ1v) is 10.6. The summed E-state index contributed by atoms with van der Waals surface area (Å²) < 4.78 is 7.17. The van der Waals surface area contributed by atoms with Gasteiger partial charge in [0.2, 0.25) is 0 Å². The molecule has 0 unspecified atom stereocenters. The Bertz CT molecular complexity index is 1270. The Balaban J connectivity index is 1.42. The summed E-state index contributed by atoms with van der Waals surface area (Å²) in [6.07, 6.45) is 3.69. The number of pyridine rings is 2. The van der Waals surface area contributed by atoms with Gasteiger partial charge in [-0.2, -0.15) is 5.10 Å². The Labute approximate surface area is 180 Å². The molecular formula is C24H25N5O2. The van der Waals surface area contributed by atoms with E-state index in [0.717, 1.165) is 71.8 Å². The van der Waals surface area contributed by atoms with Gasteiger partial charge in [0.15, 0.2) is 0 Å². The number of ether oxygens (including phenoxy) is 1. The van der Waals surface area contributed by atoms with Crippen molar-refractivity contribution in [1.82, 2.24) is 24.6 Å². The number of aryl methyl sites for hydroxylation is 1. The molecule has 5 rings (SSSR count). The Hall–Kier alpha value is -3.29. The number of nitrogens with one attached hydrogen (secondary N) is 1. The van der Waals surface area contributed by atoms with Crippen LogP contribution >= 0.6 is 0 Å². The second kappa shape index (κ2) is 8.45. The van der Waals surface area contributed by atoms with Gasteiger partial charge in [-0.1, -0.05) is 6.07 Å². The van der Waals surface area contributed by atoms with E-state index in [1.165, 1.54) is 0 Å². The maximum absolute atomic E-state index is 12.7. The molecule has 0 bridgehead atoms. The van der Waals surface area contributed by atoms with Crippen LogP contribution in [0.2, 0.25) is 0 Å². The highest BCUT2D eigenvalue weighted by Gasteiger charge is 2.12. The van der Waals surface area contributed by atoms with E-state index in [4.69, 9.17) is 4.74 Å². The summed E-state index contributed by atoms with van der Waals surface area (Å²) in [6.45, 7) is 6.91. The zero-order valence-electron chi connectivity index (χ0n) is 17.5. The zero-order chi connectivity index (χ0) is 21.2. The van der Waals surface area contributed by atoms with E-state index in [9.17, 15) is 4.79 Å². The van der Waals surface area contributed by atoms with E-state index in [0.29, 0.717) is 6.54 Å². The molecule has 0 amide bonds. The van der Waals surface area contributed by atoms with E-state index in [2.05, 4.69) is 26.1 Å². The van der Waals surface area contributed by atoms with Crippen LogP contribution in [0.25, 0.3) is 33.3 Å². The molecule has 31 heavy (non-hydrogen) atoms. The van der Waals surface area contributed by atoms with Crippen molar-refractivity contribution >= 4 is 10.9 Å². The Kier molecular flexibility index (Phi) is 5.36. The van der Waals surface area contributed by atoms with Crippen molar-refractivity contribution in [3.05, 3.63) is 70.9 Å². The molecule has 4 heterocycles. The molecule has 1 aromatic carbocycles. The second-order valence-electron chi connectivity index (χ2n) is 7.92. The molecule has 1 saturated heterocycles. The van der Waals surface area contributed by atoms with Crippen LogP contribution in [-0.2, 0) is 11.3 Å². The monoisotopic (exact) mass is 415 g/mol. The number of aromatic nitrogens is 4. The van der Waals surface area contributed by atoms with Gasteiger partial charge in [0.05, 0.1) is 18.7 Å². The molecule has 7 heteroatoms. The van der Waals surface area contributed by atoms with Gasteiger partial charge >= 0.3 is 0 Å². The fraction of sp³-hybridized carbons (Fsp3) is 0.292. The quantitative estimate of drug-likeness (QED) is 0.542. The van der Waals surface area contributed by atoms with Crippen LogP contribution in [0.3, 0.4) is 0 Å². The number of fused-ring (bicyclic) bond motifs is 1. The number of benzene rings is 1. The van der Waals surface area contributed by atoms with Gasteiger partial charge in [-0.25, -0.2) is 0 Å². The first-order chi connectivity index (χ1) is 15.2. The number of aromatic amines is 1. The molecule has 0 aliphatic carbocycles. The molecule has 1 aliphatic heterocycles. The van der Waals surface area contributed by atoms with Crippen LogP contribution in [0.1, 0.15) is 5.69 Å². The summed E-state index contributed by atoms with van der Waals surface area (Å²) in [6, 6.07) is 13.8. The van der Waals surface area contributed by atoms with Crippen LogP contribution in [-0.4, -0.2) is 57.5 Å². The van der Waals surface area contributed by atoms with Crippen LogP contribution < -0.4 is 5.56 Å². The largest absolute Gasteiger partial charge is 0.379 e. The smallest absolute Gasteiger partial charge is 0.251 e. The highest BCUT2D eigenvalue weighted by Crippen LogP contribution is 2.30. The Morgan fingerprint density at radius 2 is 1.84 bits per heavy atom. The minimum atomic E-state index is 0.0167. The lowest BCUT2D eigenvalue weighted by Gasteiger charge is -2.26. The van der Waals surface area contributed by atoms with Crippen LogP contribution in [0.15, 0.2) is 59.7 Å². The third-order valence-corrected chi connectivity index (χ3v) is 5.82. The summed E-state index contributed by atoms with van der Waals surface area (Å²) in [5, 5.41) is 8.64.